The second-order valence-electron chi connectivity index (χ2n) is 2.00. The molecule has 0 saturated heterocycles. The Kier molecular flexibility index (Phi) is 1.52. The van der Waals surface area contributed by atoms with Gasteiger partial charge in [-0.3, -0.25) is 0 Å². The first-order valence-corrected chi connectivity index (χ1v) is 4.19. The molecule has 0 aliphatic heterocycles. The van der Waals surface area contributed by atoms with Gasteiger partial charge in [-0.05, 0) is 0 Å². The molecular weight excluding hydrogens is 155 g/mol. The smallest absolute Gasteiger partial charge is 0.239 e. The summed E-state index contributed by atoms with van der Waals surface area (Å²) in [4.78, 5) is 0. The molecule has 0 aromatic carbocycles. The molecule has 0 spiro atoms. The molecule has 3 nitrogen and oxygen atoms in total. The topological polar surface area (TPSA) is 25.9 Å². The summed E-state index contributed by atoms with van der Waals surface area (Å²) in [6, 6.07) is 0. The number of rotatable bonds is 1. The molecule has 0 radical (unpaired) electrons. The number of halogens is 1. The summed E-state index contributed by atoms with van der Waals surface area (Å²) in [6.45, 7) is 0. The van der Waals surface area contributed by atoms with Crippen molar-refractivity contribution >= 4 is 16.0 Å². The Bertz CT molecular complexity index is 327. The summed E-state index contributed by atoms with van der Waals surface area (Å²) in [5, 5.41) is 0. The molecule has 0 N–H and O–H groups in total. The average Bonchev–Trinajstić information content (AvgIpc) is 2.11. The van der Waals surface area contributed by atoms with Crippen LogP contribution in [0.2, 0.25) is 0 Å². The highest BCUT2D eigenvalue weighted by Gasteiger charge is 2.08. The fourth-order valence-corrected chi connectivity index (χ4v) is 1.11. The molecule has 1 atom stereocenters. The molecule has 0 aliphatic carbocycles. The zero-order valence-corrected chi connectivity index (χ0v) is 6.34. The maximum Gasteiger partial charge on any atom is 0.276 e. The van der Waals surface area contributed by atoms with Crippen LogP contribution in [0.15, 0.2) is 18.7 Å². The van der Waals surface area contributed by atoms with Crippen molar-refractivity contribution < 1.29 is 12.7 Å². The van der Waals surface area contributed by atoms with Gasteiger partial charge in [-0.15, -0.1) is 7.86 Å². The molecule has 0 amide bonds. The lowest BCUT2D eigenvalue weighted by molar-refractivity contribution is -0.670. The minimum absolute atomic E-state index is 0.938. The van der Waals surface area contributed by atoms with Crippen LogP contribution in [-0.2, 0) is 17.1 Å². The Morgan fingerprint density at radius 1 is 1.80 bits per heavy atom. The van der Waals surface area contributed by atoms with Crippen molar-refractivity contribution in [1.82, 2.24) is 3.97 Å². The molecule has 5 heteroatoms. The third-order valence-corrected chi connectivity index (χ3v) is 1.91. The van der Waals surface area contributed by atoms with Crippen LogP contribution < -0.4 is 4.57 Å². The normalized spacial score (nSPS) is 16.6. The first-order valence-electron chi connectivity index (χ1n) is 2.61. The van der Waals surface area contributed by atoms with Gasteiger partial charge in [-0.2, -0.15) is 4.21 Å². The zero-order chi connectivity index (χ0) is 7.78. The summed E-state index contributed by atoms with van der Waals surface area (Å²) in [5.74, 6) is 2.86. The molecule has 1 aromatic heterocycles. The van der Waals surface area contributed by atoms with Crippen molar-refractivity contribution in [2.75, 3.05) is 0 Å². The van der Waals surface area contributed by atoms with Gasteiger partial charge in [-0.1, -0.05) is 0 Å². The second-order valence-corrected chi connectivity index (χ2v) is 3.55. The van der Waals surface area contributed by atoms with Gasteiger partial charge >= 0.3 is 0 Å². The predicted octanol–water partition coefficient (Wildman–Crippen LogP) is -0.323. The van der Waals surface area contributed by atoms with Crippen LogP contribution in [0.5, 0.6) is 0 Å². The van der Waals surface area contributed by atoms with Gasteiger partial charge in [0.05, 0.1) is 7.05 Å². The Labute approximate surface area is 59.2 Å². The van der Waals surface area contributed by atoms with Crippen LogP contribution in [0.25, 0.3) is 0 Å². The van der Waals surface area contributed by atoms with Crippen LogP contribution in [0.3, 0.4) is 0 Å². The van der Waals surface area contributed by atoms with Crippen molar-refractivity contribution in [2.45, 2.75) is 0 Å². The lowest BCUT2D eigenvalue weighted by atomic mass is 10.9. The second kappa shape index (κ2) is 2.09. The van der Waals surface area contributed by atoms with E-state index in [2.05, 4.69) is 5.87 Å². The minimum atomic E-state index is -3.59. The van der Waals surface area contributed by atoms with Gasteiger partial charge in [0, 0.05) is 5.87 Å². The Balaban J connectivity index is 3.21. The molecule has 1 aromatic rings. The molecule has 10 heavy (non-hydrogen) atoms. The van der Waals surface area contributed by atoms with Crippen molar-refractivity contribution in [1.29, 1.82) is 0 Å². The highest BCUT2D eigenvalue weighted by atomic mass is 32.3. The fraction of sp³-hybridized carbons (Fsp3) is 0.200. The quantitative estimate of drug-likeness (QED) is 0.316. The van der Waals surface area contributed by atoms with E-state index in [0.717, 1.165) is 3.97 Å². The number of imidazole rings is 1. The first-order chi connectivity index (χ1) is 4.50. The van der Waals surface area contributed by atoms with Crippen molar-refractivity contribution in [2.24, 2.45) is 7.05 Å². The van der Waals surface area contributed by atoms with Crippen molar-refractivity contribution in [3.63, 3.8) is 0 Å². The predicted molar refractivity (Wildman–Crippen MR) is 37.4 cm³/mol. The van der Waals surface area contributed by atoms with E-state index < -0.39 is 10.1 Å². The summed E-state index contributed by atoms with van der Waals surface area (Å²) >= 11 is 0. The van der Waals surface area contributed by atoms with Gasteiger partial charge in [0.1, 0.15) is 12.4 Å². The van der Waals surface area contributed by atoms with Crippen LogP contribution >= 0.6 is 0 Å². The Morgan fingerprint density at radius 2 is 2.40 bits per heavy atom. The van der Waals surface area contributed by atoms with E-state index in [4.69, 9.17) is 0 Å². The van der Waals surface area contributed by atoms with Crippen LogP contribution in [-0.4, -0.2) is 14.1 Å². The first kappa shape index (κ1) is 7.27. The van der Waals surface area contributed by atoms with Gasteiger partial charge in [0.25, 0.3) is 16.4 Å². The van der Waals surface area contributed by atoms with Crippen molar-refractivity contribution in [3.8, 4) is 0 Å². The van der Waals surface area contributed by atoms with Gasteiger partial charge in [0.15, 0.2) is 0 Å². The van der Waals surface area contributed by atoms with Crippen LogP contribution in [0, 0.1) is 0 Å². The largest absolute Gasteiger partial charge is 0.276 e. The number of aryl methyl sites for hydroxylation is 1. The molecule has 1 unspecified atom stereocenters. The minimum Gasteiger partial charge on any atom is -0.239 e. The number of hydrogen-bond donors (Lipinski definition) is 0. The molecule has 0 saturated carbocycles. The molecule has 56 valence electrons. The average molecular weight is 163 g/mol. The molecule has 0 bridgehead atoms. The van der Waals surface area contributed by atoms with E-state index in [1.807, 2.05) is 0 Å². The van der Waals surface area contributed by atoms with E-state index in [-0.39, 0.29) is 0 Å². The summed E-state index contributed by atoms with van der Waals surface area (Å²) < 4.78 is 25.6. The van der Waals surface area contributed by atoms with E-state index in [1.165, 1.54) is 12.5 Å². The van der Waals surface area contributed by atoms with E-state index in [9.17, 15) is 8.09 Å². The van der Waals surface area contributed by atoms with Gasteiger partial charge in [0.2, 0.25) is 0 Å². The number of nitrogens with zero attached hydrogens (tertiary/aromatic N) is 2. The van der Waals surface area contributed by atoms with Crippen molar-refractivity contribution in [3.05, 3.63) is 18.7 Å². The maximum absolute atomic E-state index is 12.5. The van der Waals surface area contributed by atoms with Crippen LogP contribution in [0.4, 0.5) is 3.89 Å². The lowest BCUT2D eigenvalue weighted by Crippen LogP contribution is -2.24. The fourth-order valence-electron chi connectivity index (χ4n) is 0.589. The van der Waals surface area contributed by atoms with Crippen LogP contribution in [0.1, 0.15) is 0 Å². The lowest BCUT2D eigenvalue weighted by Gasteiger charge is -1.87. The summed E-state index contributed by atoms with van der Waals surface area (Å²) in [6.07, 6.45) is 4.33. The monoisotopic (exact) mass is 163 g/mol. The van der Waals surface area contributed by atoms with E-state index in [0.29, 0.717) is 0 Å². The maximum atomic E-state index is 12.5. The standard InChI is InChI=1S/C5H8FN2OS/c1-7-3-4-8(5-7)10(2,6)9/h3-5H,2H2,1H3/q+1. The third-order valence-electron chi connectivity index (χ3n) is 1.06. The van der Waals surface area contributed by atoms with Gasteiger partial charge < -0.3 is 0 Å². The molecular formula is C5H8FN2OS+. The Hall–Kier alpha value is -0.840. The zero-order valence-electron chi connectivity index (χ0n) is 5.53. The molecule has 1 heterocycles. The molecule has 0 fully saturated rings. The highest BCUT2D eigenvalue weighted by molar-refractivity contribution is 7.94. The SMILES string of the molecule is C=S(=O)(F)n1cc[n+](C)c1. The Morgan fingerprint density at radius 3 is 2.60 bits per heavy atom. The van der Waals surface area contributed by atoms with E-state index >= 15 is 0 Å². The van der Waals surface area contributed by atoms with Gasteiger partial charge in [-0.25, -0.2) is 4.57 Å². The highest BCUT2D eigenvalue weighted by Crippen LogP contribution is 1.94. The number of aromatic nitrogens is 2. The third kappa shape index (κ3) is 1.36. The summed E-state index contributed by atoms with van der Waals surface area (Å²) in [5.41, 5.74) is 0. The number of hydrogen-bond acceptors (Lipinski definition) is 1. The molecule has 0 aliphatic rings. The molecule has 1 rings (SSSR count). The van der Waals surface area contributed by atoms with E-state index in [1.54, 1.807) is 17.8 Å². The summed E-state index contributed by atoms with van der Waals surface area (Å²) in [7, 11) is -1.88.